The van der Waals surface area contributed by atoms with E-state index in [2.05, 4.69) is 10.2 Å². The Morgan fingerprint density at radius 2 is 2.11 bits per heavy atom. The van der Waals surface area contributed by atoms with Gasteiger partial charge in [0.1, 0.15) is 13.2 Å². The van der Waals surface area contributed by atoms with Crippen molar-refractivity contribution in [2.45, 2.75) is 18.9 Å². The van der Waals surface area contributed by atoms with Crippen LogP contribution in [0.5, 0.6) is 11.5 Å². The van der Waals surface area contributed by atoms with E-state index in [1.165, 1.54) is 0 Å². The molecular formula is C14H18N2O3. The lowest BCUT2D eigenvalue weighted by atomic mass is 10.2. The van der Waals surface area contributed by atoms with E-state index in [1.54, 1.807) is 0 Å². The van der Waals surface area contributed by atoms with Gasteiger partial charge in [0.15, 0.2) is 11.5 Å². The van der Waals surface area contributed by atoms with Crippen molar-refractivity contribution in [1.82, 2.24) is 4.90 Å². The van der Waals surface area contributed by atoms with Gasteiger partial charge in [-0.15, -0.1) is 0 Å². The molecule has 1 saturated heterocycles. The first kappa shape index (κ1) is 12.3. The zero-order valence-electron chi connectivity index (χ0n) is 11.0. The smallest absolute Gasteiger partial charge is 0.241 e. The summed E-state index contributed by atoms with van der Waals surface area (Å²) in [6, 6.07) is 5.48. The van der Waals surface area contributed by atoms with Crippen molar-refractivity contribution >= 4 is 11.6 Å². The third-order valence-corrected chi connectivity index (χ3v) is 3.63. The van der Waals surface area contributed by atoms with Gasteiger partial charge in [0, 0.05) is 11.8 Å². The summed E-state index contributed by atoms with van der Waals surface area (Å²) >= 11 is 0. The van der Waals surface area contributed by atoms with Crippen molar-refractivity contribution in [3.05, 3.63) is 18.2 Å². The largest absolute Gasteiger partial charge is 0.486 e. The van der Waals surface area contributed by atoms with Crippen LogP contribution >= 0.6 is 0 Å². The Labute approximate surface area is 112 Å². The molecule has 1 fully saturated rings. The molecule has 5 heteroatoms. The lowest BCUT2D eigenvalue weighted by Gasteiger charge is -2.21. The van der Waals surface area contributed by atoms with Crippen molar-refractivity contribution in [1.29, 1.82) is 0 Å². The number of nitrogens with one attached hydrogen (secondary N) is 1. The van der Waals surface area contributed by atoms with Crippen molar-refractivity contribution in [2.24, 2.45) is 0 Å². The molecule has 3 rings (SSSR count). The highest BCUT2D eigenvalue weighted by Gasteiger charge is 2.27. The summed E-state index contributed by atoms with van der Waals surface area (Å²) in [7, 11) is 1.99. The Morgan fingerprint density at radius 3 is 2.84 bits per heavy atom. The zero-order chi connectivity index (χ0) is 13.2. The molecule has 0 spiro atoms. The normalized spacial score (nSPS) is 22.3. The highest BCUT2D eigenvalue weighted by atomic mass is 16.6. The van der Waals surface area contributed by atoms with Gasteiger partial charge in [-0.1, -0.05) is 0 Å². The molecule has 102 valence electrons. The van der Waals surface area contributed by atoms with E-state index < -0.39 is 0 Å². The fraction of sp³-hybridized carbons (Fsp3) is 0.500. The van der Waals surface area contributed by atoms with Gasteiger partial charge in [-0.25, -0.2) is 0 Å². The first-order valence-electron chi connectivity index (χ1n) is 6.65. The maximum atomic E-state index is 12.2. The van der Waals surface area contributed by atoms with E-state index in [9.17, 15) is 4.79 Å². The second-order valence-electron chi connectivity index (χ2n) is 4.99. The number of hydrogen-bond acceptors (Lipinski definition) is 4. The molecular weight excluding hydrogens is 244 g/mol. The molecule has 0 saturated carbocycles. The van der Waals surface area contributed by atoms with Gasteiger partial charge in [0.2, 0.25) is 5.91 Å². The van der Waals surface area contributed by atoms with Gasteiger partial charge in [0.25, 0.3) is 0 Å². The third-order valence-electron chi connectivity index (χ3n) is 3.63. The minimum atomic E-state index is -0.0202. The topological polar surface area (TPSA) is 50.8 Å². The number of fused-ring (bicyclic) bond motifs is 1. The van der Waals surface area contributed by atoms with E-state index in [-0.39, 0.29) is 11.9 Å². The van der Waals surface area contributed by atoms with E-state index in [4.69, 9.17) is 9.47 Å². The van der Waals surface area contributed by atoms with Gasteiger partial charge >= 0.3 is 0 Å². The highest BCUT2D eigenvalue weighted by Crippen LogP contribution is 2.32. The number of likely N-dealkylation sites (tertiary alicyclic amines) is 1. The van der Waals surface area contributed by atoms with Gasteiger partial charge in [-0.2, -0.15) is 0 Å². The monoisotopic (exact) mass is 262 g/mol. The number of likely N-dealkylation sites (N-methyl/N-ethyl adjacent to an activating group) is 1. The summed E-state index contributed by atoms with van der Waals surface area (Å²) in [5.41, 5.74) is 0.759. The molecule has 1 aromatic rings. The van der Waals surface area contributed by atoms with Gasteiger partial charge in [-0.3, -0.25) is 9.69 Å². The molecule has 1 aromatic carbocycles. The first-order valence-corrected chi connectivity index (χ1v) is 6.65. The van der Waals surface area contributed by atoms with Crippen LogP contribution in [-0.2, 0) is 4.79 Å². The molecule has 0 aromatic heterocycles. The van der Waals surface area contributed by atoms with Crippen molar-refractivity contribution in [3.8, 4) is 11.5 Å². The third kappa shape index (κ3) is 2.51. The fourth-order valence-electron chi connectivity index (χ4n) is 2.59. The minimum Gasteiger partial charge on any atom is -0.486 e. The summed E-state index contributed by atoms with van der Waals surface area (Å²) in [6.07, 6.45) is 2.00. The van der Waals surface area contributed by atoms with Crippen molar-refractivity contribution in [2.75, 3.05) is 32.1 Å². The maximum Gasteiger partial charge on any atom is 0.241 e. The quantitative estimate of drug-likeness (QED) is 0.877. The van der Waals surface area contributed by atoms with Crippen LogP contribution < -0.4 is 14.8 Å². The van der Waals surface area contributed by atoms with Crippen molar-refractivity contribution in [3.63, 3.8) is 0 Å². The Bertz CT molecular complexity index is 490. The number of ether oxygens (including phenoxy) is 2. The number of hydrogen-bond donors (Lipinski definition) is 1. The van der Waals surface area contributed by atoms with Gasteiger partial charge in [-0.05, 0) is 38.6 Å². The number of benzene rings is 1. The van der Waals surface area contributed by atoms with Crippen LogP contribution in [0.4, 0.5) is 5.69 Å². The molecule has 0 aliphatic carbocycles. The molecule has 1 unspecified atom stereocenters. The number of amides is 1. The van der Waals surface area contributed by atoms with Gasteiger partial charge < -0.3 is 14.8 Å². The van der Waals surface area contributed by atoms with Crippen LogP contribution in [0.25, 0.3) is 0 Å². The molecule has 2 aliphatic rings. The fourth-order valence-corrected chi connectivity index (χ4v) is 2.59. The van der Waals surface area contributed by atoms with Crippen LogP contribution in [0.3, 0.4) is 0 Å². The lowest BCUT2D eigenvalue weighted by molar-refractivity contribution is -0.119. The van der Waals surface area contributed by atoms with Crippen molar-refractivity contribution < 1.29 is 14.3 Å². The van der Waals surface area contributed by atoms with Crippen LogP contribution in [0.15, 0.2) is 18.2 Å². The summed E-state index contributed by atoms with van der Waals surface area (Å²) in [5.74, 6) is 1.49. The summed E-state index contributed by atoms with van der Waals surface area (Å²) in [6.45, 7) is 2.11. The second-order valence-corrected chi connectivity index (χ2v) is 4.99. The Balaban J connectivity index is 1.71. The second kappa shape index (κ2) is 5.09. The predicted octanol–water partition coefficient (Wildman–Crippen LogP) is 1.49. The summed E-state index contributed by atoms with van der Waals surface area (Å²) < 4.78 is 11.0. The molecule has 1 N–H and O–H groups in total. The molecule has 0 bridgehead atoms. The number of nitrogens with zero attached hydrogens (tertiary/aromatic N) is 1. The van der Waals surface area contributed by atoms with E-state index in [0.29, 0.717) is 19.0 Å². The van der Waals surface area contributed by atoms with Crippen LogP contribution in [0.2, 0.25) is 0 Å². The molecule has 0 radical (unpaired) electrons. The molecule has 5 nitrogen and oxygen atoms in total. The molecule has 19 heavy (non-hydrogen) atoms. The maximum absolute atomic E-state index is 12.2. The van der Waals surface area contributed by atoms with E-state index in [0.717, 1.165) is 30.8 Å². The van der Waals surface area contributed by atoms with E-state index in [1.807, 2.05) is 25.2 Å². The first-order chi connectivity index (χ1) is 9.24. The lowest BCUT2D eigenvalue weighted by Crippen LogP contribution is -2.37. The Kier molecular flexibility index (Phi) is 3.29. The highest BCUT2D eigenvalue weighted by molar-refractivity contribution is 5.95. The zero-order valence-corrected chi connectivity index (χ0v) is 11.0. The average molecular weight is 262 g/mol. The van der Waals surface area contributed by atoms with Gasteiger partial charge in [0.05, 0.1) is 6.04 Å². The summed E-state index contributed by atoms with van der Waals surface area (Å²) in [5, 5.41) is 2.95. The molecule has 2 heterocycles. The predicted molar refractivity (Wildman–Crippen MR) is 71.7 cm³/mol. The SMILES string of the molecule is CN1CCCC1C(=O)Nc1ccc2c(c1)OCCO2. The van der Waals surface area contributed by atoms with Crippen LogP contribution in [0, 0.1) is 0 Å². The molecule has 2 aliphatic heterocycles. The standard InChI is InChI=1S/C14H18N2O3/c1-16-6-2-3-11(16)14(17)15-10-4-5-12-13(9-10)19-8-7-18-12/h4-5,9,11H,2-3,6-8H2,1H3,(H,15,17). The number of carbonyl (C=O) groups excluding carboxylic acids is 1. The Hall–Kier alpha value is -1.75. The molecule has 1 atom stereocenters. The number of anilines is 1. The number of rotatable bonds is 2. The summed E-state index contributed by atoms with van der Waals surface area (Å²) in [4.78, 5) is 14.3. The van der Waals surface area contributed by atoms with Crippen LogP contribution in [0.1, 0.15) is 12.8 Å². The van der Waals surface area contributed by atoms with E-state index >= 15 is 0 Å². The average Bonchev–Trinajstić information content (AvgIpc) is 2.85. The number of carbonyl (C=O) groups is 1. The molecule has 1 amide bonds. The van der Waals surface area contributed by atoms with Crippen LogP contribution in [-0.4, -0.2) is 43.7 Å². The minimum absolute atomic E-state index is 0.0202. The Morgan fingerprint density at radius 1 is 1.32 bits per heavy atom.